The summed E-state index contributed by atoms with van der Waals surface area (Å²) < 4.78 is 7.62. The van der Waals surface area contributed by atoms with Crippen LogP contribution in [0.2, 0.25) is 0 Å². The van der Waals surface area contributed by atoms with Gasteiger partial charge in [-0.15, -0.1) is 0 Å². The van der Waals surface area contributed by atoms with E-state index in [1.165, 1.54) is 0 Å². The van der Waals surface area contributed by atoms with Crippen LogP contribution in [0.25, 0.3) is 0 Å². The van der Waals surface area contributed by atoms with Crippen molar-refractivity contribution in [3.63, 3.8) is 0 Å². The molecule has 1 aliphatic heterocycles. The van der Waals surface area contributed by atoms with E-state index in [-0.39, 0.29) is 11.4 Å². The molecule has 1 N–H and O–H groups in total. The molecule has 1 aromatic rings. The molecule has 1 saturated heterocycles. The second-order valence-electron chi connectivity index (χ2n) is 7.51. The zero-order valence-corrected chi connectivity index (χ0v) is 14.8. The van der Waals surface area contributed by atoms with Crippen LogP contribution in [0.1, 0.15) is 12.8 Å². The van der Waals surface area contributed by atoms with Crippen LogP contribution >= 0.6 is 0 Å². The molecule has 2 fully saturated rings. The quantitative estimate of drug-likeness (QED) is 0.838. The molecule has 0 radical (unpaired) electrons. The van der Waals surface area contributed by atoms with Gasteiger partial charge in [-0.2, -0.15) is 5.10 Å². The molecule has 2 amide bonds. The predicted octanol–water partition coefficient (Wildman–Crippen LogP) is 0.883. The average Bonchev–Trinajstić information content (AvgIpc) is 3.19. The molecule has 24 heavy (non-hydrogen) atoms. The van der Waals surface area contributed by atoms with E-state index in [1.54, 1.807) is 6.20 Å². The molecule has 134 valence electrons. The monoisotopic (exact) mass is 335 g/mol. The van der Waals surface area contributed by atoms with Crippen molar-refractivity contribution in [2.75, 3.05) is 53.5 Å². The van der Waals surface area contributed by atoms with Gasteiger partial charge in [0.05, 0.1) is 13.2 Å². The lowest BCUT2D eigenvalue weighted by molar-refractivity contribution is 0.112. The largest absolute Gasteiger partial charge is 0.379 e. The summed E-state index contributed by atoms with van der Waals surface area (Å²) in [5.74, 6) is 0.368. The molecule has 2 aliphatic rings. The normalized spacial score (nSPS) is 23.1. The lowest BCUT2D eigenvalue weighted by atomic mass is 10.1. The second-order valence-corrected chi connectivity index (χ2v) is 7.51. The van der Waals surface area contributed by atoms with Crippen molar-refractivity contribution in [3.8, 4) is 0 Å². The fourth-order valence-corrected chi connectivity index (χ4v) is 3.37. The summed E-state index contributed by atoms with van der Waals surface area (Å²) in [6.45, 7) is 5.32. The Balaban J connectivity index is 1.48. The van der Waals surface area contributed by atoms with E-state index in [9.17, 15) is 4.79 Å². The number of amides is 2. The van der Waals surface area contributed by atoms with Crippen LogP contribution in [0.4, 0.5) is 4.79 Å². The fourth-order valence-electron chi connectivity index (χ4n) is 3.37. The van der Waals surface area contributed by atoms with Crippen LogP contribution in [-0.4, -0.2) is 79.1 Å². The van der Waals surface area contributed by atoms with Crippen LogP contribution in [0.5, 0.6) is 0 Å². The Labute approximate surface area is 143 Å². The van der Waals surface area contributed by atoms with Crippen molar-refractivity contribution in [1.29, 1.82) is 0 Å². The summed E-state index contributed by atoms with van der Waals surface area (Å²) in [6.07, 6.45) is 6.09. The highest BCUT2D eigenvalue weighted by Gasteiger charge is 2.43. The van der Waals surface area contributed by atoms with Gasteiger partial charge in [-0.3, -0.25) is 4.68 Å². The van der Waals surface area contributed by atoms with Crippen LogP contribution in [0.3, 0.4) is 0 Å². The highest BCUT2D eigenvalue weighted by atomic mass is 16.5. The van der Waals surface area contributed by atoms with Crippen molar-refractivity contribution in [2.24, 2.45) is 11.3 Å². The second kappa shape index (κ2) is 7.53. The number of carbonyl (C=O) groups is 1. The summed E-state index contributed by atoms with van der Waals surface area (Å²) in [5.41, 5.74) is 0.188. The third-order valence-corrected chi connectivity index (χ3v) is 4.88. The van der Waals surface area contributed by atoms with Gasteiger partial charge in [0.15, 0.2) is 0 Å². The minimum Gasteiger partial charge on any atom is -0.379 e. The molecule has 0 spiro atoms. The number of hydrogen-bond donors (Lipinski definition) is 1. The third kappa shape index (κ3) is 4.70. The molecule has 1 saturated carbocycles. The van der Waals surface area contributed by atoms with E-state index in [2.05, 4.69) is 29.4 Å². The van der Waals surface area contributed by atoms with E-state index in [0.717, 1.165) is 45.6 Å². The molecular formula is C17H29N5O2. The molecule has 0 aromatic carbocycles. The van der Waals surface area contributed by atoms with Crippen molar-refractivity contribution >= 4 is 6.03 Å². The number of rotatable bonds is 6. The highest BCUT2D eigenvalue weighted by molar-refractivity contribution is 5.74. The average molecular weight is 335 g/mol. The zero-order valence-electron chi connectivity index (χ0n) is 14.8. The first-order chi connectivity index (χ1) is 11.6. The van der Waals surface area contributed by atoms with Crippen molar-refractivity contribution in [1.82, 2.24) is 24.9 Å². The number of hydrogen-bond acceptors (Lipinski definition) is 4. The highest BCUT2D eigenvalue weighted by Crippen LogP contribution is 2.46. The smallest absolute Gasteiger partial charge is 0.317 e. The summed E-state index contributed by atoms with van der Waals surface area (Å²) in [7, 11) is 4.11. The van der Waals surface area contributed by atoms with Gasteiger partial charge in [-0.25, -0.2) is 4.79 Å². The first-order valence-electron chi connectivity index (χ1n) is 8.79. The molecule has 3 rings (SSSR count). The minimum atomic E-state index is 0.0380. The van der Waals surface area contributed by atoms with Crippen LogP contribution in [0, 0.1) is 11.3 Å². The Morgan fingerprint density at radius 2 is 2.29 bits per heavy atom. The van der Waals surface area contributed by atoms with Gasteiger partial charge in [0.1, 0.15) is 0 Å². The molecule has 7 nitrogen and oxygen atoms in total. The Bertz CT molecular complexity index is 527. The number of ether oxygens (including phenoxy) is 1. The zero-order chi connectivity index (χ0) is 17.0. The summed E-state index contributed by atoms with van der Waals surface area (Å²) >= 11 is 0. The maximum absolute atomic E-state index is 12.6. The van der Waals surface area contributed by atoms with E-state index in [1.807, 2.05) is 21.8 Å². The molecule has 1 aliphatic carbocycles. The topological polar surface area (TPSA) is 62.6 Å². The van der Waals surface area contributed by atoms with Gasteiger partial charge in [0.25, 0.3) is 0 Å². The Morgan fingerprint density at radius 1 is 1.46 bits per heavy atom. The molecule has 1 aromatic heterocycles. The first kappa shape index (κ1) is 17.2. The van der Waals surface area contributed by atoms with Crippen molar-refractivity contribution in [3.05, 3.63) is 18.5 Å². The van der Waals surface area contributed by atoms with E-state index in [4.69, 9.17) is 4.74 Å². The van der Waals surface area contributed by atoms with Gasteiger partial charge in [0.2, 0.25) is 0 Å². The van der Waals surface area contributed by atoms with E-state index in [0.29, 0.717) is 19.1 Å². The maximum Gasteiger partial charge on any atom is 0.317 e. The molecule has 0 unspecified atom stereocenters. The van der Waals surface area contributed by atoms with E-state index < -0.39 is 0 Å². The van der Waals surface area contributed by atoms with Gasteiger partial charge in [-0.1, -0.05) is 0 Å². The lowest BCUT2D eigenvalue weighted by Gasteiger charge is -2.26. The third-order valence-electron chi connectivity index (χ3n) is 4.88. The first-order valence-corrected chi connectivity index (χ1v) is 8.79. The SMILES string of the molecule is CN(C)C[C@@H]1COCCN(C(=O)NCC2(Cn3cccn3)CC2)C1. The standard InChI is InChI=1S/C17H29N5O2/c1-20(2)10-15-11-21(8-9-24-12-15)16(23)18-13-17(4-5-17)14-22-7-3-6-19-22/h3,6-7,15H,4-5,8-14H2,1-2H3,(H,18,23)/t15-/m0/s1. The number of urea groups is 1. The molecular weight excluding hydrogens is 306 g/mol. The molecule has 7 heteroatoms. The molecule has 1 atom stereocenters. The number of nitrogens with one attached hydrogen (secondary N) is 1. The minimum absolute atomic E-state index is 0.0380. The predicted molar refractivity (Wildman–Crippen MR) is 91.7 cm³/mol. The van der Waals surface area contributed by atoms with Gasteiger partial charge < -0.3 is 19.9 Å². The lowest BCUT2D eigenvalue weighted by Crippen LogP contribution is -2.46. The van der Waals surface area contributed by atoms with Crippen molar-refractivity contribution in [2.45, 2.75) is 19.4 Å². The molecule has 0 bridgehead atoms. The van der Waals surface area contributed by atoms with Crippen molar-refractivity contribution < 1.29 is 9.53 Å². The van der Waals surface area contributed by atoms with Crippen LogP contribution in [0.15, 0.2) is 18.5 Å². The Morgan fingerprint density at radius 3 is 2.96 bits per heavy atom. The molecule has 2 heterocycles. The summed E-state index contributed by atoms with van der Waals surface area (Å²) in [5, 5.41) is 7.43. The number of nitrogens with zero attached hydrogens (tertiary/aromatic N) is 4. The van der Waals surface area contributed by atoms with Crippen LogP contribution in [-0.2, 0) is 11.3 Å². The fraction of sp³-hybridized carbons (Fsp3) is 0.765. The maximum atomic E-state index is 12.6. The van der Waals surface area contributed by atoms with E-state index >= 15 is 0 Å². The van der Waals surface area contributed by atoms with Gasteiger partial charge in [-0.05, 0) is 33.0 Å². The summed E-state index contributed by atoms with van der Waals surface area (Å²) in [4.78, 5) is 16.6. The van der Waals surface area contributed by atoms with Gasteiger partial charge >= 0.3 is 6.03 Å². The van der Waals surface area contributed by atoms with Gasteiger partial charge in [0, 0.05) is 56.5 Å². The summed E-state index contributed by atoms with van der Waals surface area (Å²) in [6, 6.07) is 1.98. The van der Waals surface area contributed by atoms with Crippen LogP contribution < -0.4 is 5.32 Å². The number of aromatic nitrogens is 2. The Hall–Kier alpha value is -1.60. The Kier molecular flexibility index (Phi) is 5.40. The number of carbonyl (C=O) groups excluding carboxylic acids is 1.